The zero-order valence-electron chi connectivity index (χ0n) is 18.7. The number of H-pyrrole nitrogens is 1. The molecule has 170 valence electrons. The van der Waals surface area contributed by atoms with E-state index in [-0.39, 0.29) is 23.4 Å². The first-order chi connectivity index (χ1) is 15.9. The molecule has 2 aliphatic rings. The summed E-state index contributed by atoms with van der Waals surface area (Å²) in [6, 6.07) is 3.51. The van der Waals surface area contributed by atoms with Gasteiger partial charge in [0.25, 0.3) is 0 Å². The van der Waals surface area contributed by atoms with Gasteiger partial charge in [0, 0.05) is 24.0 Å². The molecule has 2 fully saturated rings. The number of anilines is 1. The highest BCUT2D eigenvalue weighted by Gasteiger charge is 2.47. The zero-order valence-corrected chi connectivity index (χ0v) is 18.7. The van der Waals surface area contributed by atoms with Crippen LogP contribution in [0.1, 0.15) is 37.3 Å². The predicted octanol–water partition coefficient (Wildman–Crippen LogP) is 3.34. The van der Waals surface area contributed by atoms with Gasteiger partial charge in [0.1, 0.15) is 17.3 Å². The third-order valence-corrected chi connectivity index (χ3v) is 6.88. The second-order valence-electron chi connectivity index (χ2n) is 9.04. The van der Waals surface area contributed by atoms with Gasteiger partial charge in [0.05, 0.1) is 40.7 Å². The molecule has 2 aliphatic heterocycles. The fourth-order valence-corrected chi connectivity index (χ4v) is 5.20. The fourth-order valence-electron chi connectivity index (χ4n) is 5.20. The van der Waals surface area contributed by atoms with E-state index in [1.165, 1.54) is 12.1 Å². The van der Waals surface area contributed by atoms with Gasteiger partial charge in [-0.05, 0) is 45.4 Å². The number of benzene rings is 1. The van der Waals surface area contributed by atoms with Crippen LogP contribution in [0.15, 0.2) is 24.5 Å². The quantitative estimate of drug-likeness (QED) is 0.376. The van der Waals surface area contributed by atoms with E-state index in [2.05, 4.69) is 42.8 Å². The van der Waals surface area contributed by atoms with Crippen LogP contribution in [0.25, 0.3) is 21.9 Å². The van der Waals surface area contributed by atoms with Crippen LogP contribution < -0.4 is 20.7 Å². The Labute approximate surface area is 189 Å². The normalized spacial score (nSPS) is 24.5. The van der Waals surface area contributed by atoms with Crippen LogP contribution in [0.5, 0.6) is 11.8 Å². The summed E-state index contributed by atoms with van der Waals surface area (Å²) in [5.74, 6) is 0.786. The van der Waals surface area contributed by atoms with Crippen LogP contribution in [-0.4, -0.2) is 50.1 Å². The van der Waals surface area contributed by atoms with Crippen molar-refractivity contribution in [3.8, 4) is 11.8 Å². The lowest BCUT2D eigenvalue weighted by molar-refractivity contribution is 0.385. The Balaban J connectivity index is 1.53. The van der Waals surface area contributed by atoms with E-state index in [0.717, 1.165) is 41.4 Å². The molecule has 1 aromatic carbocycles. The number of aromatic amines is 1. The first kappa shape index (κ1) is 20.3. The molecule has 4 aromatic rings. The molecule has 0 aliphatic carbocycles. The van der Waals surface area contributed by atoms with Gasteiger partial charge >= 0.3 is 6.01 Å². The van der Waals surface area contributed by atoms with Gasteiger partial charge in [-0.25, -0.2) is 14.4 Å². The van der Waals surface area contributed by atoms with Gasteiger partial charge in [0.2, 0.25) is 0 Å². The van der Waals surface area contributed by atoms with Crippen LogP contribution in [-0.2, 0) is 0 Å². The number of fused-ring (bicyclic) bond motifs is 4. The number of hydrogen-bond donors (Lipinski definition) is 4. The highest BCUT2D eigenvalue weighted by atomic mass is 19.1. The van der Waals surface area contributed by atoms with Crippen molar-refractivity contribution >= 4 is 27.6 Å². The number of aryl methyl sites for hydroxylation is 1. The van der Waals surface area contributed by atoms with Crippen molar-refractivity contribution in [3.63, 3.8) is 0 Å². The monoisotopic (exact) mass is 448 g/mol. The lowest BCUT2D eigenvalue weighted by Crippen LogP contribution is -2.43. The molecule has 5 heterocycles. The van der Waals surface area contributed by atoms with Crippen LogP contribution in [0.4, 0.5) is 10.1 Å². The second-order valence-corrected chi connectivity index (χ2v) is 9.04. The van der Waals surface area contributed by atoms with Crippen LogP contribution >= 0.6 is 0 Å². The van der Waals surface area contributed by atoms with Crippen LogP contribution in [0.3, 0.4) is 0 Å². The zero-order chi connectivity index (χ0) is 22.7. The number of ether oxygens (including phenoxy) is 1. The third-order valence-electron chi connectivity index (χ3n) is 6.88. The van der Waals surface area contributed by atoms with E-state index in [0.29, 0.717) is 29.0 Å². The molecule has 4 N–H and O–H groups in total. The summed E-state index contributed by atoms with van der Waals surface area (Å²) < 4.78 is 20.4. The minimum Gasteiger partial charge on any atom is -0.421 e. The van der Waals surface area contributed by atoms with Crippen molar-refractivity contribution in [2.75, 3.05) is 18.9 Å². The number of aromatic nitrogens is 5. The number of nitrogens with one attached hydrogen (secondary N) is 4. The molecule has 3 atom stereocenters. The number of hydrogen-bond acceptors (Lipinski definition) is 8. The maximum Gasteiger partial charge on any atom is 0.324 e. The van der Waals surface area contributed by atoms with Crippen LogP contribution in [0, 0.1) is 12.7 Å². The van der Waals surface area contributed by atoms with Gasteiger partial charge in [-0.1, -0.05) is 0 Å². The SMILES string of the molecule is CNc1cc(F)cc2c1[nH]c1nc(Oc3cnc(C)nc3)nc(C3C[C@@H]4NCC[C@]4(C)N3)c12. The van der Waals surface area contributed by atoms with Crippen molar-refractivity contribution in [1.82, 2.24) is 35.6 Å². The van der Waals surface area contributed by atoms with E-state index in [1.807, 2.05) is 6.92 Å². The van der Waals surface area contributed by atoms with Gasteiger partial charge in [0.15, 0.2) is 5.75 Å². The van der Waals surface area contributed by atoms with Crippen molar-refractivity contribution in [1.29, 1.82) is 0 Å². The first-order valence-electron chi connectivity index (χ1n) is 11.1. The van der Waals surface area contributed by atoms with Gasteiger partial charge in [-0.3, -0.25) is 0 Å². The van der Waals surface area contributed by atoms with Gasteiger partial charge < -0.3 is 25.7 Å². The van der Waals surface area contributed by atoms with E-state index < -0.39 is 0 Å². The highest BCUT2D eigenvalue weighted by molar-refractivity contribution is 6.11. The molecule has 1 unspecified atom stereocenters. The second kappa shape index (κ2) is 7.32. The molecular formula is C23H25FN8O. The average molecular weight is 449 g/mol. The van der Waals surface area contributed by atoms with Gasteiger partial charge in [-0.2, -0.15) is 9.97 Å². The largest absolute Gasteiger partial charge is 0.421 e. The molecule has 9 nitrogen and oxygen atoms in total. The molecule has 0 radical (unpaired) electrons. The molecule has 0 bridgehead atoms. The summed E-state index contributed by atoms with van der Waals surface area (Å²) in [4.78, 5) is 21.2. The minimum absolute atomic E-state index is 0.0126. The Morgan fingerprint density at radius 3 is 2.79 bits per heavy atom. The summed E-state index contributed by atoms with van der Waals surface area (Å²) in [6.07, 6.45) is 5.10. The van der Waals surface area contributed by atoms with Crippen molar-refractivity contribution in [2.45, 2.75) is 44.3 Å². The number of halogens is 1. The summed E-state index contributed by atoms with van der Waals surface area (Å²) in [5.41, 5.74) is 2.81. The molecular weight excluding hydrogens is 423 g/mol. The molecule has 10 heteroatoms. The number of rotatable bonds is 4. The Bertz CT molecular complexity index is 1370. The average Bonchev–Trinajstić information content (AvgIpc) is 3.43. The molecule has 33 heavy (non-hydrogen) atoms. The molecule has 3 aromatic heterocycles. The Hall–Kier alpha value is -3.37. The first-order valence-corrected chi connectivity index (χ1v) is 11.1. The van der Waals surface area contributed by atoms with Gasteiger partial charge in [-0.15, -0.1) is 0 Å². The maximum absolute atomic E-state index is 14.5. The third kappa shape index (κ3) is 3.28. The summed E-state index contributed by atoms with van der Waals surface area (Å²) in [5, 5.41) is 12.0. The topological polar surface area (TPSA) is 113 Å². The highest BCUT2D eigenvalue weighted by Crippen LogP contribution is 2.42. The Kier molecular flexibility index (Phi) is 4.49. The van der Waals surface area contributed by atoms with Crippen molar-refractivity contribution < 1.29 is 9.13 Å². The molecule has 0 saturated carbocycles. The summed E-state index contributed by atoms with van der Waals surface area (Å²) in [6.45, 7) is 5.04. The predicted molar refractivity (Wildman–Crippen MR) is 123 cm³/mol. The smallest absolute Gasteiger partial charge is 0.324 e. The molecule has 0 amide bonds. The fraction of sp³-hybridized carbons (Fsp3) is 0.391. The Morgan fingerprint density at radius 2 is 2.03 bits per heavy atom. The van der Waals surface area contributed by atoms with E-state index >= 15 is 0 Å². The summed E-state index contributed by atoms with van der Waals surface area (Å²) >= 11 is 0. The summed E-state index contributed by atoms with van der Waals surface area (Å²) in [7, 11) is 1.77. The Morgan fingerprint density at radius 1 is 1.21 bits per heavy atom. The van der Waals surface area contributed by atoms with E-state index in [1.54, 1.807) is 19.4 Å². The van der Waals surface area contributed by atoms with E-state index in [4.69, 9.17) is 9.72 Å². The number of nitrogens with zero attached hydrogens (tertiary/aromatic N) is 4. The lowest BCUT2D eigenvalue weighted by Gasteiger charge is -2.24. The maximum atomic E-state index is 14.5. The molecule has 2 saturated heterocycles. The standard InChI is InChI=1S/C23H25FN8O/c1-11-27-9-13(10-28-11)33-22-30-20(16-8-17-23(2,32-16)4-5-26-17)18-14-6-12(24)7-15(25-3)19(14)29-21(18)31-22/h6-7,9-10,16-17,25-26,32H,4-5,8H2,1-3H3,(H,29,30,31)/t16?,17-,23-/m0/s1. The minimum atomic E-state index is -0.319. The molecule has 0 spiro atoms. The lowest BCUT2D eigenvalue weighted by atomic mass is 9.95. The van der Waals surface area contributed by atoms with Crippen LogP contribution in [0.2, 0.25) is 0 Å². The molecule has 6 rings (SSSR count). The van der Waals surface area contributed by atoms with Crippen molar-refractivity contribution in [3.05, 3.63) is 41.9 Å². The van der Waals surface area contributed by atoms with E-state index in [9.17, 15) is 4.39 Å². The van der Waals surface area contributed by atoms with Crippen molar-refractivity contribution in [2.24, 2.45) is 0 Å².